The zero-order valence-corrected chi connectivity index (χ0v) is 14.1. The number of amides is 1. The van der Waals surface area contributed by atoms with E-state index in [1.165, 1.54) is 0 Å². The van der Waals surface area contributed by atoms with Crippen molar-refractivity contribution in [1.29, 1.82) is 0 Å². The molecule has 1 aromatic rings. The number of aliphatic hydroxyl groups is 1. The number of aryl methyl sites for hydroxylation is 2. The summed E-state index contributed by atoms with van der Waals surface area (Å²) in [6.07, 6.45) is 5.60. The molecule has 0 bridgehead atoms. The molecule has 1 N–H and O–H groups in total. The van der Waals surface area contributed by atoms with Gasteiger partial charge in [-0.2, -0.15) is 5.10 Å². The quantitative estimate of drug-likeness (QED) is 0.921. The van der Waals surface area contributed by atoms with E-state index in [9.17, 15) is 9.90 Å². The Morgan fingerprint density at radius 1 is 1.48 bits per heavy atom. The molecule has 2 fully saturated rings. The number of hydrogen-bond donors (Lipinski definition) is 1. The first kappa shape index (κ1) is 16.5. The maximum absolute atomic E-state index is 12.8. The number of carbonyl (C=O) groups excluding carboxylic acids is 1. The summed E-state index contributed by atoms with van der Waals surface area (Å²) in [6.45, 7) is 6.80. The summed E-state index contributed by atoms with van der Waals surface area (Å²) in [5.41, 5.74) is 1.05. The maximum atomic E-state index is 12.8. The Hall–Kier alpha value is -1.40. The molecule has 1 spiro atoms. The number of ether oxygens (including phenoxy) is 1. The predicted molar refractivity (Wildman–Crippen MR) is 86.3 cm³/mol. The number of rotatable bonds is 3. The molecular weight excluding hydrogens is 294 g/mol. The highest BCUT2D eigenvalue weighted by molar-refractivity contribution is 5.95. The molecule has 128 valence electrons. The Labute approximate surface area is 137 Å². The summed E-state index contributed by atoms with van der Waals surface area (Å²) in [5, 5.41) is 14.7. The third-order valence-corrected chi connectivity index (χ3v) is 5.15. The second-order valence-corrected chi connectivity index (χ2v) is 6.75. The zero-order valence-electron chi connectivity index (χ0n) is 14.1. The first-order chi connectivity index (χ1) is 11.1. The van der Waals surface area contributed by atoms with Gasteiger partial charge in [-0.1, -0.05) is 6.92 Å². The van der Waals surface area contributed by atoms with Crippen LogP contribution < -0.4 is 0 Å². The van der Waals surface area contributed by atoms with E-state index in [0.29, 0.717) is 38.1 Å². The van der Waals surface area contributed by atoms with Crippen LogP contribution in [0.5, 0.6) is 0 Å². The molecule has 0 saturated carbocycles. The fourth-order valence-corrected chi connectivity index (χ4v) is 3.72. The lowest BCUT2D eigenvalue weighted by Gasteiger charge is -2.46. The number of piperidine rings is 1. The van der Waals surface area contributed by atoms with Crippen molar-refractivity contribution < 1.29 is 14.6 Å². The van der Waals surface area contributed by atoms with E-state index < -0.39 is 11.7 Å². The SMILES string of the molecule is CCCn1cc(C(=O)N2CCC3(CC2)OCCC[C@@H]3O)c(C)n1. The van der Waals surface area contributed by atoms with Gasteiger partial charge in [-0.25, -0.2) is 0 Å². The standard InChI is InChI=1S/C17H27N3O3/c1-3-8-20-12-14(13(2)18-20)16(22)19-9-6-17(7-10-19)15(21)5-4-11-23-17/h12,15,21H,3-11H2,1-2H3/t15-/m0/s1. The van der Waals surface area contributed by atoms with E-state index in [2.05, 4.69) is 12.0 Å². The lowest BCUT2D eigenvalue weighted by atomic mass is 9.82. The summed E-state index contributed by atoms with van der Waals surface area (Å²) >= 11 is 0. The van der Waals surface area contributed by atoms with Crippen LogP contribution in [0.25, 0.3) is 0 Å². The van der Waals surface area contributed by atoms with Gasteiger partial charge >= 0.3 is 0 Å². The van der Waals surface area contributed by atoms with Gasteiger partial charge in [0.05, 0.1) is 23.0 Å². The third-order valence-electron chi connectivity index (χ3n) is 5.15. The highest BCUT2D eigenvalue weighted by Crippen LogP contribution is 2.35. The predicted octanol–water partition coefficient (Wildman–Crippen LogP) is 1.75. The van der Waals surface area contributed by atoms with Crippen LogP contribution in [0.3, 0.4) is 0 Å². The maximum Gasteiger partial charge on any atom is 0.257 e. The average Bonchev–Trinajstić information content (AvgIpc) is 2.91. The minimum Gasteiger partial charge on any atom is -0.390 e. The minimum atomic E-state index is -0.434. The largest absolute Gasteiger partial charge is 0.390 e. The van der Waals surface area contributed by atoms with Crippen molar-refractivity contribution in [3.8, 4) is 0 Å². The van der Waals surface area contributed by atoms with E-state index in [4.69, 9.17) is 4.74 Å². The minimum absolute atomic E-state index is 0.0463. The van der Waals surface area contributed by atoms with Crippen molar-refractivity contribution in [2.45, 2.75) is 64.2 Å². The molecule has 2 aliphatic heterocycles. The average molecular weight is 321 g/mol. The fraction of sp³-hybridized carbons (Fsp3) is 0.765. The molecule has 0 radical (unpaired) electrons. The van der Waals surface area contributed by atoms with Crippen LogP contribution in [0.15, 0.2) is 6.20 Å². The molecular formula is C17H27N3O3. The second-order valence-electron chi connectivity index (χ2n) is 6.75. The molecule has 2 saturated heterocycles. The van der Waals surface area contributed by atoms with Crippen LogP contribution in [0, 0.1) is 6.92 Å². The van der Waals surface area contributed by atoms with Crippen molar-refractivity contribution in [2.75, 3.05) is 19.7 Å². The number of aromatic nitrogens is 2. The van der Waals surface area contributed by atoms with E-state index in [1.807, 2.05) is 22.7 Å². The van der Waals surface area contributed by atoms with E-state index in [-0.39, 0.29) is 5.91 Å². The molecule has 3 rings (SSSR count). The van der Waals surface area contributed by atoms with E-state index >= 15 is 0 Å². The molecule has 2 aliphatic rings. The molecule has 1 aromatic heterocycles. The van der Waals surface area contributed by atoms with Crippen molar-refractivity contribution in [3.05, 3.63) is 17.5 Å². The molecule has 0 aliphatic carbocycles. The molecule has 3 heterocycles. The first-order valence-electron chi connectivity index (χ1n) is 8.71. The van der Waals surface area contributed by atoms with Crippen LogP contribution in [0.4, 0.5) is 0 Å². The summed E-state index contributed by atoms with van der Waals surface area (Å²) in [4.78, 5) is 14.6. The lowest BCUT2D eigenvalue weighted by molar-refractivity contribution is -0.174. The van der Waals surface area contributed by atoms with Crippen LogP contribution >= 0.6 is 0 Å². The van der Waals surface area contributed by atoms with Crippen LogP contribution in [-0.2, 0) is 11.3 Å². The number of likely N-dealkylation sites (tertiary alicyclic amines) is 1. The Kier molecular flexibility index (Phi) is 4.73. The van der Waals surface area contributed by atoms with Gasteiger partial charge < -0.3 is 14.7 Å². The number of carbonyl (C=O) groups is 1. The Balaban J connectivity index is 1.66. The van der Waals surface area contributed by atoms with E-state index in [1.54, 1.807) is 0 Å². The first-order valence-corrected chi connectivity index (χ1v) is 8.71. The van der Waals surface area contributed by atoms with Gasteiger partial charge in [-0.15, -0.1) is 0 Å². The molecule has 0 unspecified atom stereocenters. The Morgan fingerprint density at radius 2 is 2.22 bits per heavy atom. The van der Waals surface area contributed by atoms with Gasteiger partial charge in [0.15, 0.2) is 0 Å². The van der Waals surface area contributed by atoms with Crippen molar-refractivity contribution in [2.24, 2.45) is 0 Å². The Bertz CT molecular complexity index is 561. The summed E-state index contributed by atoms with van der Waals surface area (Å²) in [6, 6.07) is 0. The molecule has 6 nitrogen and oxygen atoms in total. The molecule has 1 atom stereocenters. The summed E-state index contributed by atoms with van der Waals surface area (Å²) < 4.78 is 7.76. The number of nitrogens with zero attached hydrogens (tertiary/aromatic N) is 3. The monoisotopic (exact) mass is 321 g/mol. The van der Waals surface area contributed by atoms with Crippen LogP contribution in [0.2, 0.25) is 0 Å². The molecule has 23 heavy (non-hydrogen) atoms. The normalized spacial score (nSPS) is 24.1. The summed E-state index contributed by atoms with van der Waals surface area (Å²) in [5.74, 6) is 0.0463. The van der Waals surface area contributed by atoms with Gasteiger partial charge in [0.1, 0.15) is 0 Å². The van der Waals surface area contributed by atoms with Gasteiger partial charge in [-0.3, -0.25) is 9.48 Å². The third kappa shape index (κ3) is 3.15. The summed E-state index contributed by atoms with van der Waals surface area (Å²) in [7, 11) is 0. The van der Waals surface area contributed by atoms with Gasteiger partial charge in [0.25, 0.3) is 5.91 Å². The van der Waals surface area contributed by atoms with Gasteiger partial charge in [0, 0.05) is 32.4 Å². The zero-order chi connectivity index (χ0) is 16.4. The molecule has 1 amide bonds. The lowest BCUT2D eigenvalue weighted by Crippen LogP contribution is -2.56. The van der Waals surface area contributed by atoms with Crippen molar-refractivity contribution in [1.82, 2.24) is 14.7 Å². The number of aliphatic hydroxyl groups excluding tert-OH is 1. The highest BCUT2D eigenvalue weighted by atomic mass is 16.5. The van der Waals surface area contributed by atoms with Gasteiger partial charge in [-0.05, 0) is 39.0 Å². The smallest absolute Gasteiger partial charge is 0.257 e. The van der Waals surface area contributed by atoms with Crippen LogP contribution in [0.1, 0.15) is 55.1 Å². The van der Waals surface area contributed by atoms with Crippen molar-refractivity contribution in [3.63, 3.8) is 0 Å². The van der Waals surface area contributed by atoms with Gasteiger partial charge in [0.2, 0.25) is 0 Å². The molecule has 0 aromatic carbocycles. The molecule has 6 heteroatoms. The van der Waals surface area contributed by atoms with Crippen molar-refractivity contribution >= 4 is 5.91 Å². The highest BCUT2D eigenvalue weighted by Gasteiger charge is 2.44. The fourth-order valence-electron chi connectivity index (χ4n) is 3.72. The van der Waals surface area contributed by atoms with Crippen LogP contribution in [-0.4, -0.2) is 57.1 Å². The second kappa shape index (κ2) is 6.61. The Morgan fingerprint density at radius 3 is 2.87 bits per heavy atom. The topological polar surface area (TPSA) is 67.6 Å². The van der Waals surface area contributed by atoms with E-state index in [0.717, 1.165) is 31.5 Å². The number of hydrogen-bond acceptors (Lipinski definition) is 4.